The maximum Gasteiger partial charge on any atom is 0.330 e. The zero-order valence-corrected chi connectivity index (χ0v) is 8.80. The fourth-order valence-electron chi connectivity index (χ4n) is 0.660. The molecule has 0 aromatic heterocycles. The molecule has 0 fully saturated rings. The Labute approximate surface area is 77.0 Å². The molecule has 0 spiro atoms. The molecule has 0 saturated carbocycles. The maximum absolute atomic E-state index is 11.4. The van der Waals surface area contributed by atoms with Crippen molar-refractivity contribution in [2.24, 2.45) is 0 Å². The van der Waals surface area contributed by atoms with E-state index in [2.05, 4.69) is 19.4 Å². The summed E-state index contributed by atoms with van der Waals surface area (Å²) in [5.74, 6) is -0.364. The Balaban J connectivity index is 3.86. The van der Waals surface area contributed by atoms with Crippen molar-refractivity contribution in [2.45, 2.75) is 6.42 Å². The van der Waals surface area contributed by atoms with Crippen LogP contribution in [0.4, 0.5) is 0 Å². The minimum atomic E-state index is -3.08. The van der Waals surface area contributed by atoms with Gasteiger partial charge in [0.1, 0.15) is 0 Å². The molecule has 0 aliphatic carbocycles. The van der Waals surface area contributed by atoms with Crippen molar-refractivity contribution in [2.75, 3.05) is 27.5 Å². The molecule has 1 amide bonds. The Kier molecular flexibility index (Phi) is 5.90. The van der Waals surface area contributed by atoms with Crippen LogP contribution in [-0.2, 0) is 23.2 Å². The molecule has 0 aromatic carbocycles. The van der Waals surface area contributed by atoms with Crippen LogP contribution in [0.3, 0.4) is 0 Å². The van der Waals surface area contributed by atoms with E-state index in [9.17, 15) is 9.36 Å². The van der Waals surface area contributed by atoms with Gasteiger partial charge in [-0.1, -0.05) is 0 Å². The lowest BCUT2D eigenvalue weighted by molar-refractivity contribution is -0.130. The molecule has 13 heavy (non-hydrogen) atoms. The second-order valence-electron chi connectivity index (χ2n) is 2.18. The smallest absolute Gasteiger partial charge is 0.312 e. The Morgan fingerprint density at radius 2 is 1.85 bits per heavy atom. The topological polar surface area (TPSA) is 73.9 Å². The Morgan fingerprint density at radius 3 is 2.23 bits per heavy atom. The monoisotopic (exact) mass is 211 g/mol. The molecular formula is C6H14NO5P. The molecule has 6 nitrogen and oxygen atoms in total. The summed E-state index contributed by atoms with van der Waals surface area (Å²) in [4.78, 5) is 15.2. The van der Waals surface area contributed by atoms with Gasteiger partial charge in [0.2, 0.25) is 5.91 Å². The number of carbonyl (C=O) groups is 1. The summed E-state index contributed by atoms with van der Waals surface area (Å²) in [5, 5.41) is 0. The fourth-order valence-corrected chi connectivity index (χ4v) is 1.65. The number of hydrogen-bond donors (Lipinski definition) is 1. The maximum atomic E-state index is 11.4. The summed E-state index contributed by atoms with van der Waals surface area (Å²) < 4.78 is 20.7. The van der Waals surface area contributed by atoms with Gasteiger partial charge in [0, 0.05) is 20.6 Å². The Bertz CT molecular complexity index is 199. The van der Waals surface area contributed by atoms with E-state index in [-0.39, 0.29) is 18.5 Å². The van der Waals surface area contributed by atoms with Crippen LogP contribution in [0.25, 0.3) is 0 Å². The van der Waals surface area contributed by atoms with Crippen LogP contribution >= 0.6 is 7.60 Å². The average molecular weight is 211 g/mol. The molecule has 0 aromatic rings. The van der Waals surface area contributed by atoms with Crippen LogP contribution in [0.15, 0.2) is 0 Å². The highest BCUT2D eigenvalue weighted by atomic mass is 31.2. The molecule has 0 saturated heterocycles. The molecule has 7 heteroatoms. The normalized spacial score (nSPS) is 11.3. The van der Waals surface area contributed by atoms with Gasteiger partial charge in [-0.3, -0.25) is 14.2 Å². The Hall–Kier alpha value is -0.420. The van der Waals surface area contributed by atoms with Gasteiger partial charge < -0.3 is 9.05 Å². The third kappa shape index (κ3) is 5.00. The molecule has 0 aliphatic heterocycles. The number of hydrogen-bond acceptors (Lipinski definition) is 5. The number of carbonyl (C=O) groups excluding carboxylic acids is 1. The van der Waals surface area contributed by atoms with Crippen molar-refractivity contribution in [1.82, 2.24) is 5.48 Å². The van der Waals surface area contributed by atoms with Crippen molar-refractivity contribution in [3.05, 3.63) is 0 Å². The fraction of sp³-hybridized carbons (Fsp3) is 0.833. The molecule has 1 N–H and O–H groups in total. The second kappa shape index (κ2) is 6.10. The van der Waals surface area contributed by atoms with E-state index in [0.29, 0.717) is 0 Å². The number of rotatable bonds is 6. The summed E-state index contributed by atoms with van der Waals surface area (Å²) >= 11 is 0. The largest absolute Gasteiger partial charge is 0.330 e. The standard InChI is InChI=1S/C6H14NO5P/c1-10-7-6(8)4-5-13(9,11-2)12-3/h4-5H2,1-3H3,(H,7,8). The van der Waals surface area contributed by atoms with E-state index in [1.807, 2.05) is 0 Å². The second-order valence-corrected chi connectivity index (χ2v) is 4.58. The van der Waals surface area contributed by atoms with Crippen molar-refractivity contribution in [3.8, 4) is 0 Å². The van der Waals surface area contributed by atoms with Crippen molar-refractivity contribution < 1.29 is 23.2 Å². The van der Waals surface area contributed by atoms with Gasteiger partial charge >= 0.3 is 7.60 Å². The van der Waals surface area contributed by atoms with Crippen LogP contribution in [-0.4, -0.2) is 33.4 Å². The molecule has 0 bridgehead atoms. The van der Waals surface area contributed by atoms with Crippen LogP contribution in [0.1, 0.15) is 6.42 Å². The van der Waals surface area contributed by atoms with Crippen molar-refractivity contribution >= 4 is 13.5 Å². The quantitative estimate of drug-likeness (QED) is 0.512. The van der Waals surface area contributed by atoms with Crippen LogP contribution in [0, 0.1) is 0 Å². The molecule has 78 valence electrons. The SMILES string of the molecule is CONC(=O)CCP(=O)(OC)OC. The average Bonchev–Trinajstić information content (AvgIpc) is 2.15. The van der Waals surface area contributed by atoms with E-state index >= 15 is 0 Å². The first-order valence-corrected chi connectivity index (χ1v) is 5.33. The van der Waals surface area contributed by atoms with Gasteiger partial charge in [-0.05, 0) is 0 Å². The minimum absolute atomic E-state index is 0.0345. The number of amides is 1. The predicted octanol–water partition coefficient (Wildman–Crippen LogP) is 0.540. The first-order chi connectivity index (χ1) is 6.08. The number of hydroxylamine groups is 1. The highest BCUT2D eigenvalue weighted by Gasteiger charge is 2.21. The summed E-state index contributed by atoms with van der Waals surface area (Å²) in [6, 6.07) is 0. The van der Waals surface area contributed by atoms with Crippen LogP contribution in [0.5, 0.6) is 0 Å². The van der Waals surface area contributed by atoms with Gasteiger partial charge in [0.15, 0.2) is 0 Å². The summed E-state index contributed by atoms with van der Waals surface area (Å²) in [7, 11) is 0.801. The molecule has 0 rings (SSSR count). The van der Waals surface area contributed by atoms with Gasteiger partial charge in [0.25, 0.3) is 0 Å². The summed E-state index contributed by atoms with van der Waals surface area (Å²) in [5.41, 5.74) is 2.10. The first-order valence-electron chi connectivity index (χ1n) is 3.60. The van der Waals surface area contributed by atoms with Gasteiger partial charge in [-0.15, -0.1) is 0 Å². The van der Waals surface area contributed by atoms with E-state index < -0.39 is 7.60 Å². The number of nitrogens with one attached hydrogen (secondary N) is 1. The van der Waals surface area contributed by atoms with E-state index in [0.717, 1.165) is 0 Å². The lowest BCUT2D eigenvalue weighted by Crippen LogP contribution is -2.22. The first kappa shape index (κ1) is 12.6. The highest BCUT2D eigenvalue weighted by molar-refractivity contribution is 7.53. The zero-order chi connectivity index (χ0) is 10.3. The van der Waals surface area contributed by atoms with E-state index in [1.54, 1.807) is 0 Å². The molecule has 0 atom stereocenters. The minimum Gasteiger partial charge on any atom is -0.312 e. The third-order valence-electron chi connectivity index (χ3n) is 1.38. The zero-order valence-electron chi connectivity index (χ0n) is 7.90. The lowest BCUT2D eigenvalue weighted by atomic mass is 10.5. The molecule has 0 radical (unpaired) electrons. The predicted molar refractivity (Wildman–Crippen MR) is 46.3 cm³/mol. The van der Waals surface area contributed by atoms with Crippen LogP contribution < -0.4 is 5.48 Å². The van der Waals surface area contributed by atoms with E-state index in [1.165, 1.54) is 21.3 Å². The molecular weight excluding hydrogens is 197 g/mol. The van der Waals surface area contributed by atoms with Crippen molar-refractivity contribution in [3.63, 3.8) is 0 Å². The molecule has 0 aliphatic rings. The van der Waals surface area contributed by atoms with Gasteiger partial charge in [0.05, 0.1) is 13.3 Å². The summed E-state index contributed by atoms with van der Waals surface area (Å²) in [6.07, 6.45) is 0.0714. The van der Waals surface area contributed by atoms with Crippen LogP contribution in [0.2, 0.25) is 0 Å². The summed E-state index contributed by atoms with van der Waals surface area (Å²) in [6.45, 7) is 0. The van der Waals surface area contributed by atoms with Crippen molar-refractivity contribution in [1.29, 1.82) is 0 Å². The third-order valence-corrected chi connectivity index (χ3v) is 3.27. The van der Waals surface area contributed by atoms with Gasteiger partial charge in [-0.25, -0.2) is 5.48 Å². The van der Waals surface area contributed by atoms with Gasteiger partial charge in [-0.2, -0.15) is 0 Å². The molecule has 0 unspecified atom stereocenters. The Morgan fingerprint density at radius 1 is 1.31 bits per heavy atom. The highest BCUT2D eigenvalue weighted by Crippen LogP contribution is 2.46. The van der Waals surface area contributed by atoms with E-state index in [4.69, 9.17) is 0 Å². The lowest BCUT2D eigenvalue weighted by Gasteiger charge is -2.12. The molecule has 0 heterocycles.